The molecule has 5 nitrogen and oxygen atoms in total. The Bertz CT molecular complexity index is 515. The second kappa shape index (κ2) is 8.99. The summed E-state index contributed by atoms with van der Waals surface area (Å²) in [5.41, 5.74) is 0.236. The van der Waals surface area contributed by atoms with Crippen molar-refractivity contribution in [3.8, 4) is 5.75 Å². The average molecular weight is 343 g/mol. The molecule has 0 saturated heterocycles. The number of hydrogen-bond acceptors (Lipinski definition) is 4. The van der Waals surface area contributed by atoms with Crippen LogP contribution in [0.4, 0.5) is 4.79 Å². The molecule has 0 aliphatic heterocycles. The van der Waals surface area contributed by atoms with Crippen LogP contribution in [0.2, 0.25) is 5.02 Å². The lowest BCUT2D eigenvalue weighted by Gasteiger charge is -2.27. The van der Waals surface area contributed by atoms with Crippen molar-refractivity contribution in [3.05, 3.63) is 28.8 Å². The summed E-state index contributed by atoms with van der Waals surface area (Å²) >= 11 is 5.87. The van der Waals surface area contributed by atoms with E-state index >= 15 is 0 Å². The molecule has 1 aromatic rings. The van der Waals surface area contributed by atoms with Gasteiger partial charge in [0.1, 0.15) is 11.4 Å². The van der Waals surface area contributed by atoms with Crippen molar-refractivity contribution in [2.75, 3.05) is 19.6 Å². The van der Waals surface area contributed by atoms with Gasteiger partial charge in [0.15, 0.2) is 0 Å². The van der Waals surface area contributed by atoms with Gasteiger partial charge in [-0.3, -0.25) is 0 Å². The van der Waals surface area contributed by atoms with Gasteiger partial charge in [0.05, 0.1) is 5.02 Å². The number of para-hydroxylation sites is 1. The van der Waals surface area contributed by atoms with Crippen LogP contribution >= 0.6 is 11.6 Å². The van der Waals surface area contributed by atoms with Crippen LogP contribution in [-0.4, -0.2) is 41.3 Å². The summed E-state index contributed by atoms with van der Waals surface area (Å²) < 4.78 is 5.40. The minimum absolute atomic E-state index is 0.0965. The number of benzene rings is 1. The monoisotopic (exact) mass is 342 g/mol. The highest BCUT2D eigenvalue weighted by molar-refractivity contribution is 6.32. The Morgan fingerprint density at radius 1 is 1.35 bits per heavy atom. The predicted molar refractivity (Wildman–Crippen MR) is 92.9 cm³/mol. The van der Waals surface area contributed by atoms with Crippen molar-refractivity contribution < 1.29 is 14.6 Å². The molecule has 1 rings (SSSR count). The molecule has 0 heterocycles. The normalized spacial score (nSPS) is 11.3. The number of hydrogen-bond donors (Lipinski definition) is 2. The van der Waals surface area contributed by atoms with E-state index in [9.17, 15) is 9.90 Å². The third-order valence-electron chi connectivity index (χ3n) is 3.09. The maximum absolute atomic E-state index is 12.1. The third-order valence-corrected chi connectivity index (χ3v) is 3.39. The van der Waals surface area contributed by atoms with E-state index in [1.54, 1.807) is 17.0 Å². The summed E-state index contributed by atoms with van der Waals surface area (Å²) in [6, 6.07) is 5.25. The molecule has 23 heavy (non-hydrogen) atoms. The molecule has 0 aliphatic carbocycles. The number of phenols is 1. The Kier molecular flexibility index (Phi) is 7.65. The number of carbonyl (C=O) groups excluding carboxylic acids is 1. The van der Waals surface area contributed by atoms with Crippen molar-refractivity contribution in [2.24, 2.45) is 0 Å². The highest BCUT2D eigenvalue weighted by Crippen LogP contribution is 2.26. The summed E-state index contributed by atoms with van der Waals surface area (Å²) in [6.45, 7) is 9.88. The number of halogens is 1. The fourth-order valence-electron chi connectivity index (χ4n) is 2.03. The molecular formula is C17H27ClN2O3. The van der Waals surface area contributed by atoms with E-state index in [2.05, 4.69) is 5.32 Å². The molecule has 0 aliphatic rings. The third kappa shape index (κ3) is 7.10. The van der Waals surface area contributed by atoms with E-state index in [-0.39, 0.29) is 11.8 Å². The van der Waals surface area contributed by atoms with Crippen molar-refractivity contribution in [1.82, 2.24) is 10.2 Å². The van der Waals surface area contributed by atoms with Crippen LogP contribution < -0.4 is 5.32 Å². The first-order chi connectivity index (χ1) is 10.7. The zero-order chi connectivity index (χ0) is 17.5. The Morgan fingerprint density at radius 2 is 2.04 bits per heavy atom. The van der Waals surface area contributed by atoms with Crippen molar-refractivity contribution in [1.29, 1.82) is 0 Å². The van der Waals surface area contributed by atoms with Crippen LogP contribution in [0.5, 0.6) is 5.75 Å². The molecule has 1 aromatic carbocycles. The topological polar surface area (TPSA) is 61.8 Å². The van der Waals surface area contributed by atoms with Gasteiger partial charge in [0, 0.05) is 31.7 Å². The maximum atomic E-state index is 12.1. The van der Waals surface area contributed by atoms with Crippen LogP contribution in [0.25, 0.3) is 0 Å². The van der Waals surface area contributed by atoms with Gasteiger partial charge in [-0.2, -0.15) is 0 Å². The second-order valence-corrected chi connectivity index (χ2v) is 6.80. The van der Waals surface area contributed by atoms with Gasteiger partial charge in [0.25, 0.3) is 0 Å². The molecule has 0 radical (unpaired) electrons. The van der Waals surface area contributed by atoms with Gasteiger partial charge in [-0.1, -0.05) is 30.7 Å². The van der Waals surface area contributed by atoms with Crippen LogP contribution in [0.1, 0.15) is 39.7 Å². The van der Waals surface area contributed by atoms with Gasteiger partial charge in [-0.05, 0) is 33.3 Å². The number of aromatic hydroxyl groups is 1. The van der Waals surface area contributed by atoms with Crippen molar-refractivity contribution in [2.45, 2.75) is 46.3 Å². The van der Waals surface area contributed by atoms with Gasteiger partial charge < -0.3 is 20.1 Å². The number of nitrogens with zero attached hydrogens (tertiary/aromatic N) is 1. The average Bonchev–Trinajstić information content (AvgIpc) is 2.44. The minimum Gasteiger partial charge on any atom is -0.506 e. The number of nitrogens with one attached hydrogen (secondary N) is 1. The standard InChI is InChI=1S/C17H27ClN2O3/c1-5-10-20(16(22)23-17(2,3)4)11-9-19-12-13-7-6-8-14(18)15(13)21/h6-8,19,21H,5,9-12H2,1-4H3. The Labute approximate surface area is 143 Å². The SMILES string of the molecule is CCCN(CCNCc1cccc(Cl)c1O)C(=O)OC(C)(C)C. The smallest absolute Gasteiger partial charge is 0.410 e. The zero-order valence-electron chi connectivity index (χ0n) is 14.4. The number of carbonyl (C=O) groups is 1. The van der Waals surface area contributed by atoms with E-state index < -0.39 is 5.60 Å². The first-order valence-electron chi connectivity index (χ1n) is 7.89. The first-order valence-corrected chi connectivity index (χ1v) is 8.27. The van der Waals surface area contributed by atoms with E-state index in [1.807, 2.05) is 33.8 Å². The molecular weight excluding hydrogens is 316 g/mol. The molecule has 0 aromatic heterocycles. The minimum atomic E-state index is -0.497. The fraction of sp³-hybridized carbons (Fsp3) is 0.588. The molecule has 0 fully saturated rings. The second-order valence-electron chi connectivity index (χ2n) is 6.39. The lowest BCUT2D eigenvalue weighted by Crippen LogP contribution is -2.40. The van der Waals surface area contributed by atoms with Crippen LogP contribution in [0, 0.1) is 0 Å². The van der Waals surface area contributed by atoms with Crippen molar-refractivity contribution >= 4 is 17.7 Å². The molecule has 0 unspecified atom stereocenters. The highest BCUT2D eigenvalue weighted by atomic mass is 35.5. The number of phenolic OH excluding ortho intramolecular Hbond substituents is 1. The van der Waals surface area contributed by atoms with E-state index in [4.69, 9.17) is 16.3 Å². The molecule has 6 heteroatoms. The molecule has 0 atom stereocenters. The molecule has 0 spiro atoms. The Balaban J connectivity index is 2.47. The first kappa shape index (κ1) is 19.6. The van der Waals surface area contributed by atoms with E-state index in [0.29, 0.717) is 31.2 Å². The lowest BCUT2D eigenvalue weighted by molar-refractivity contribution is 0.0252. The van der Waals surface area contributed by atoms with E-state index in [0.717, 1.165) is 12.0 Å². The molecule has 0 saturated carbocycles. The maximum Gasteiger partial charge on any atom is 0.410 e. The Hall–Kier alpha value is -1.46. The number of ether oxygens (including phenoxy) is 1. The van der Waals surface area contributed by atoms with Crippen molar-refractivity contribution in [3.63, 3.8) is 0 Å². The predicted octanol–water partition coefficient (Wildman–Crippen LogP) is 3.78. The van der Waals surface area contributed by atoms with E-state index in [1.165, 1.54) is 0 Å². The Morgan fingerprint density at radius 3 is 2.65 bits per heavy atom. The molecule has 130 valence electrons. The van der Waals surface area contributed by atoms with Gasteiger partial charge in [-0.15, -0.1) is 0 Å². The quantitative estimate of drug-likeness (QED) is 0.740. The lowest BCUT2D eigenvalue weighted by atomic mass is 10.2. The highest BCUT2D eigenvalue weighted by Gasteiger charge is 2.21. The van der Waals surface area contributed by atoms with Crippen LogP contribution in [0.3, 0.4) is 0 Å². The zero-order valence-corrected chi connectivity index (χ0v) is 15.1. The van der Waals surface area contributed by atoms with Crippen LogP contribution in [0.15, 0.2) is 18.2 Å². The van der Waals surface area contributed by atoms with Gasteiger partial charge in [-0.25, -0.2) is 4.79 Å². The molecule has 0 bridgehead atoms. The summed E-state index contributed by atoms with van der Waals surface area (Å²) in [5, 5.41) is 13.4. The summed E-state index contributed by atoms with van der Waals surface area (Å²) in [6.07, 6.45) is 0.570. The number of amides is 1. The largest absolute Gasteiger partial charge is 0.506 e. The van der Waals surface area contributed by atoms with Crippen LogP contribution in [-0.2, 0) is 11.3 Å². The van der Waals surface area contributed by atoms with Gasteiger partial charge in [0.2, 0.25) is 0 Å². The van der Waals surface area contributed by atoms with Gasteiger partial charge >= 0.3 is 6.09 Å². The fourth-order valence-corrected chi connectivity index (χ4v) is 2.22. The summed E-state index contributed by atoms with van der Waals surface area (Å²) in [7, 11) is 0. The summed E-state index contributed by atoms with van der Waals surface area (Å²) in [4.78, 5) is 13.8. The summed E-state index contributed by atoms with van der Waals surface area (Å²) in [5.74, 6) is 0.0965. The molecule has 2 N–H and O–H groups in total. The molecule has 1 amide bonds. The number of rotatable bonds is 7.